The minimum atomic E-state index is -3.60. The van der Waals surface area contributed by atoms with Crippen LogP contribution in [0.2, 0.25) is 0 Å². The lowest BCUT2D eigenvalue weighted by molar-refractivity contribution is 0.0702. The maximum atomic E-state index is 12.6. The predicted molar refractivity (Wildman–Crippen MR) is 77.8 cm³/mol. The van der Waals surface area contributed by atoms with Gasteiger partial charge in [0.1, 0.15) is 4.88 Å². The van der Waals surface area contributed by atoms with Crippen LogP contribution in [0.5, 0.6) is 0 Å². The smallest absolute Gasteiger partial charge is 0.345 e. The van der Waals surface area contributed by atoms with Crippen LogP contribution >= 0.6 is 11.3 Å². The molecule has 0 radical (unpaired) electrons. The first-order valence-corrected chi connectivity index (χ1v) is 8.91. The number of aryl methyl sites for hydroxylation is 1. The summed E-state index contributed by atoms with van der Waals surface area (Å²) in [7, 11) is -2.00. The Bertz CT molecular complexity index is 600. The minimum Gasteiger partial charge on any atom is -0.477 e. The molecule has 1 aromatic rings. The molecule has 0 aromatic carbocycles. The highest BCUT2D eigenvalue weighted by molar-refractivity contribution is 7.89. The molecule has 0 spiro atoms. The van der Waals surface area contributed by atoms with E-state index in [2.05, 4.69) is 0 Å². The Morgan fingerprint density at radius 1 is 1.35 bits per heavy atom. The number of carboxylic acids is 1. The second-order valence-electron chi connectivity index (χ2n) is 5.15. The van der Waals surface area contributed by atoms with Crippen LogP contribution in [0, 0.1) is 6.92 Å². The van der Waals surface area contributed by atoms with Crippen molar-refractivity contribution in [2.24, 2.45) is 0 Å². The van der Waals surface area contributed by atoms with Crippen molar-refractivity contribution in [3.63, 3.8) is 0 Å². The van der Waals surface area contributed by atoms with Gasteiger partial charge >= 0.3 is 5.97 Å². The maximum absolute atomic E-state index is 12.6. The van der Waals surface area contributed by atoms with Crippen LogP contribution in [0.1, 0.15) is 46.7 Å². The van der Waals surface area contributed by atoms with Gasteiger partial charge in [-0.3, -0.25) is 0 Å². The summed E-state index contributed by atoms with van der Waals surface area (Å²) in [6.45, 7) is 1.65. The lowest BCUT2D eigenvalue weighted by Gasteiger charge is -2.30. The van der Waals surface area contributed by atoms with Crippen molar-refractivity contribution < 1.29 is 18.3 Å². The molecule has 1 aromatic heterocycles. The number of carbonyl (C=O) groups is 1. The molecular formula is C13H19NO4S2. The molecule has 1 aliphatic rings. The molecule has 0 bridgehead atoms. The molecule has 0 saturated heterocycles. The van der Waals surface area contributed by atoms with Crippen molar-refractivity contribution in [1.29, 1.82) is 0 Å². The first-order chi connectivity index (χ1) is 9.34. The quantitative estimate of drug-likeness (QED) is 0.926. The van der Waals surface area contributed by atoms with Gasteiger partial charge in [-0.15, -0.1) is 11.3 Å². The number of rotatable bonds is 4. The first-order valence-electron chi connectivity index (χ1n) is 6.66. The molecule has 0 amide bonds. The highest BCUT2D eigenvalue weighted by Gasteiger charge is 2.31. The number of hydrogen-bond donors (Lipinski definition) is 1. The molecule has 0 aliphatic heterocycles. The summed E-state index contributed by atoms with van der Waals surface area (Å²) >= 11 is 1.01. The van der Waals surface area contributed by atoms with Crippen molar-refractivity contribution >= 4 is 27.3 Å². The predicted octanol–water partition coefficient (Wildman–Crippen LogP) is 2.71. The Morgan fingerprint density at radius 2 is 1.95 bits per heavy atom. The van der Waals surface area contributed by atoms with Gasteiger partial charge in [-0.2, -0.15) is 4.31 Å². The lowest BCUT2D eigenvalue weighted by Crippen LogP contribution is -2.38. The van der Waals surface area contributed by atoms with Gasteiger partial charge in [0, 0.05) is 18.0 Å². The molecule has 112 valence electrons. The fraction of sp³-hybridized carbons (Fsp3) is 0.615. The topological polar surface area (TPSA) is 74.7 Å². The minimum absolute atomic E-state index is 0.0290. The molecule has 0 unspecified atom stereocenters. The van der Waals surface area contributed by atoms with Crippen LogP contribution < -0.4 is 0 Å². The van der Waals surface area contributed by atoms with Gasteiger partial charge in [0.05, 0.1) is 4.90 Å². The third kappa shape index (κ3) is 2.89. The Kier molecular flexibility index (Phi) is 4.51. The summed E-state index contributed by atoms with van der Waals surface area (Å²) in [4.78, 5) is 11.7. The van der Waals surface area contributed by atoms with Gasteiger partial charge in [-0.25, -0.2) is 13.2 Å². The number of nitrogens with zero attached hydrogens (tertiary/aromatic N) is 1. The highest BCUT2D eigenvalue weighted by Crippen LogP contribution is 2.31. The molecule has 5 nitrogen and oxygen atoms in total. The molecule has 1 aliphatic carbocycles. The SMILES string of the molecule is Cc1sc(C(=O)O)cc1S(=O)(=O)N(C)C1CCCCC1. The molecule has 2 rings (SSSR count). The van der Waals surface area contributed by atoms with Crippen LogP contribution in [-0.2, 0) is 10.0 Å². The lowest BCUT2D eigenvalue weighted by atomic mass is 9.96. The van der Waals surface area contributed by atoms with Crippen LogP contribution in [-0.4, -0.2) is 36.9 Å². The zero-order chi connectivity index (χ0) is 14.9. The maximum Gasteiger partial charge on any atom is 0.345 e. The van der Waals surface area contributed by atoms with Crippen LogP contribution in [0.25, 0.3) is 0 Å². The summed E-state index contributed by atoms with van der Waals surface area (Å²) in [5.74, 6) is -1.08. The van der Waals surface area contributed by atoms with E-state index >= 15 is 0 Å². The molecular weight excluding hydrogens is 298 g/mol. The van der Waals surface area contributed by atoms with E-state index in [0.29, 0.717) is 4.88 Å². The summed E-state index contributed by atoms with van der Waals surface area (Å²) in [6.07, 6.45) is 5.02. The van der Waals surface area contributed by atoms with Gasteiger partial charge in [0.2, 0.25) is 10.0 Å². The van der Waals surface area contributed by atoms with E-state index < -0.39 is 16.0 Å². The van der Waals surface area contributed by atoms with E-state index in [1.165, 1.54) is 10.4 Å². The van der Waals surface area contributed by atoms with Crippen LogP contribution in [0.15, 0.2) is 11.0 Å². The van der Waals surface area contributed by atoms with E-state index in [-0.39, 0.29) is 15.8 Å². The van der Waals surface area contributed by atoms with E-state index in [4.69, 9.17) is 5.11 Å². The zero-order valence-electron chi connectivity index (χ0n) is 11.6. The normalized spacial score (nSPS) is 17.6. The van der Waals surface area contributed by atoms with Gasteiger partial charge < -0.3 is 5.11 Å². The number of hydrogen-bond acceptors (Lipinski definition) is 4. The Balaban J connectivity index is 2.31. The van der Waals surface area contributed by atoms with Gasteiger partial charge in [-0.1, -0.05) is 19.3 Å². The van der Waals surface area contributed by atoms with E-state index in [0.717, 1.165) is 43.4 Å². The van der Waals surface area contributed by atoms with Gasteiger partial charge in [0.15, 0.2) is 0 Å². The second kappa shape index (κ2) is 5.83. The molecule has 20 heavy (non-hydrogen) atoms. The Labute approximate surface area is 123 Å². The van der Waals surface area contributed by atoms with Crippen molar-refractivity contribution in [2.45, 2.75) is 50.0 Å². The number of sulfonamides is 1. The van der Waals surface area contributed by atoms with E-state index in [9.17, 15) is 13.2 Å². The Morgan fingerprint density at radius 3 is 2.45 bits per heavy atom. The number of carboxylic acid groups (broad SMARTS) is 1. The summed E-state index contributed by atoms with van der Waals surface area (Å²) in [5, 5.41) is 8.98. The molecule has 1 heterocycles. The van der Waals surface area contributed by atoms with Crippen molar-refractivity contribution in [2.75, 3.05) is 7.05 Å². The summed E-state index contributed by atoms with van der Waals surface area (Å²) < 4.78 is 26.7. The van der Waals surface area contributed by atoms with Gasteiger partial charge in [-0.05, 0) is 25.8 Å². The molecule has 0 atom stereocenters. The van der Waals surface area contributed by atoms with Crippen molar-refractivity contribution in [1.82, 2.24) is 4.31 Å². The molecule has 1 N–H and O–H groups in total. The van der Waals surface area contributed by atoms with E-state index in [1.807, 2.05) is 0 Å². The monoisotopic (exact) mass is 317 g/mol. The van der Waals surface area contributed by atoms with Crippen LogP contribution in [0.3, 0.4) is 0 Å². The van der Waals surface area contributed by atoms with Crippen LogP contribution in [0.4, 0.5) is 0 Å². The summed E-state index contributed by atoms with van der Waals surface area (Å²) in [6, 6.07) is 1.30. The summed E-state index contributed by atoms with van der Waals surface area (Å²) in [5.41, 5.74) is 0. The standard InChI is InChI=1S/C13H19NO4S2/c1-9-12(8-11(19-9)13(15)16)20(17,18)14(2)10-6-4-3-5-7-10/h8,10H,3-7H2,1-2H3,(H,15,16). The molecule has 1 fully saturated rings. The van der Waals surface area contributed by atoms with Crippen molar-refractivity contribution in [3.8, 4) is 0 Å². The first kappa shape index (κ1) is 15.5. The number of thiophene rings is 1. The van der Waals surface area contributed by atoms with Gasteiger partial charge in [0.25, 0.3) is 0 Å². The third-order valence-electron chi connectivity index (χ3n) is 3.83. The highest BCUT2D eigenvalue weighted by atomic mass is 32.2. The number of aromatic carboxylic acids is 1. The molecule has 1 saturated carbocycles. The second-order valence-corrected chi connectivity index (χ2v) is 8.37. The molecule has 7 heteroatoms. The average Bonchev–Trinajstić information content (AvgIpc) is 2.82. The Hall–Kier alpha value is -0.920. The fourth-order valence-corrected chi connectivity index (χ4v) is 5.44. The average molecular weight is 317 g/mol. The van der Waals surface area contributed by atoms with Crippen molar-refractivity contribution in [3.05, 3.63) is 15.8 Å². The third-order valence-corrected chi connectivity index (χ3v) is 7.03. The zero-order valence-corrected chi connectivity index (χ0v) is 13.3. The fourth-order valence-electron chi connectivity index (χ4n) is 2.62. The largest absolute Gasteiger partial charge is 0.477 e. The van der Waals surface area contributed by atoms with E-state index in [1.54, 1.807) is 14.0 Å².